The summed E-state index contributed by atoms with van der Waals surface area (Å²) in [6.07, 6.45) is 6.33. The van der Waals surface area contributed by atoms with Gasteiger partial charge in [-0.15, -0.1) is 0 Å². The second-order valence-corrected chi connectivity index (χ2v) is 10.2. The number of halogens is 4. The molecule has 0 saturated carbocycles. The molecule has 0 radical (unpaired) electrons. The Bertz CT molecular complexity index is 1390. The molecule has 0 spiro atoms. The molecule has 4 nitrogen and oxygen atoms in total. The van der Waals surface area contributed by atoms with Gasteiger partial charge < -0.3 is 5.32 Å². The van der Waals surface area contributed by atoms with Gasteiger partial charge in [-0.1, -0.05) is 59.1 Å². The number of amides is 1. The van der Waals surface area contributed by atoms with E-state index in [1.807, 2.05) is 36.4 Å². The maximum Gasteiger partial charge on any atom is 0.231 e. The van der Waals surface area contributed by atoms with Crippen LogP contribution >= 0.6 is 34.8 Å². The Balaban J connectivity index is 1.32. The van der Waals surface area contributed by atoms with Crippen molar-refractivity contribution in [1.82, 2.24) is 15.2 Å². The molecule has 8 heteroatoms. The number of nitrogens with one attached hydrogen (secondary N) is 1. The molecule has 2 aliphatic rings. The molecule has 1 aromatic heterocycles. The molecule has 1 aliphatic heterocycles. The van der Waals surface area contributed by atoms with Gasteiger partial charge in [-0.25, -0.2) is 9.37 Å². The standard InChI is InChI=1S/C28H23Cl3FN3O/c29-19-4-5-20-22(14-19)23-16-35(10-1-2-17-3-6-24(30)25(32)12-17)11-8-21(23)27(20)28(36)34-15-18-7-9-33-26(31)13-18/h1-7,9,12-14,27H,8,10-11,15-16H2,(H,34,36)/b2-1+. The Morgan fingerprint density at radius 2 is 2.00 bits per heavy atom. The lowest BCUT2D eigenvalue weighted by molar-refractivity contribution is -0.121. The summed E-state index contributed by atoms with van der Waals surface area (Å²) < 4.78 is 13.7. The fourth-order valence-corrected chi connectivity index (χ4v) is 5.38. The third-order valence-electron chi connectivity index (χ3n) is 6.60. The van der Waals surface area contributed by atoms with Crippen LogP contribution in [0.4, 0.5) is 4.39 Å². The summed E-state index contributed by atoms with van der Waals surface area (Å²) in [5, 5.41) is 4.23. The van der Waals surface area contributed by atoms with E-state index in [-0.39, 0.29) is 16.8 Å². The van der Waals surface area contributed by atoms with Gasteiger partial charge in [-0.05, 0) is 76.2 Å². The molecule has 36 heavy (non-hydrogen) atoms. The van der Waals surface area contributed by atoms with Crippen LogP contribution in [0.2, 0.25) is 15.2 Å². The Hall–Kier alpha value is -2.70. The number of nitrogens with zero attached hydrogens (tertiary/aromatic N) is 2. The van der Waals surface area contributed by atoms with Crippen molar-refractivity contribution in [2.75, 3.05) is 19.6 Å². The van der Waals surface area contributed by atoms with Crippen LogP contribution in [0, 0.1) is 5.82 Å². The smallest absolute Gasteiger partial charge is 0.231 e. The highest BCUT2D eigenvalue weighted by Gasteiger charge is 2.38. The lowest BCUT2D eigenvalue weighted by atomic mass is 9.91. The third-order valence-corrected chi connectivity index (χ3v) is 7.35. The molecule has 1 atom stereocenters. The lowest BCUT2D eigenvalue weighted by Gasteiger charge is -2.29. The van der Waals surface area contributed by atoms with E-state index in [0.717, 1.165) is 46.4 Å². The van der Waals surface area contributed by atoms with Crippen LogP contribution in [0.25, 0.3) is 11.6 Å². The zero-order valence-electron chi connectivity index (χ0n) is 19.3. The Kier molecular flexibility index (Phi) is 7.44. The molecule has 184 valence electrons. The van der Waals surface area contributed by atoms with E-state index in [0.29, 0.717) is 29.8 Å². The van der Waals surface area contributed by atoms with Crippen molar-refractivity contribution < 1.29 is 9.18 Å². The van der Waals surface area contributed by atoms with Gasteiger partial charge in [0.05, 0.1) is 10.9 Å². The summed E-state index contributed by atoms with van der Waals surface area (Å²) >= 11 is 18.1. The number of carbonyl (C=O) groups excluding carboxylic acids is 1. The molecule has 5 rings (SSSR count). The number of hydrogen-bond donors (Lipinski definition) is 1. The first-order valence-electron chi connectivity index (χ1n) is 11.6. The predicted molar refractivity (Wildman–Crippen MR) is 144 cm³/mol. The number of benzene rings is 2. The zero-order valence-corrected chi connectivity index (χ0v) is 21.5. The van der Waals surface area contributed by atoms with Crippen molar-refractivity contribution in [3.05, 3.63) is 110 Å². The predicted octanol–water partition coefficient (Wildman–Crippen LogP) is 6.77. The van der Waals surface area contributed by atoms with Gasteiger partial charge in [0, 0.05) is 37.4 Å². The number of hydrogen-bond acceptors (Lipinski definition) is 3. The summed E-state index contributed by atoms with van der Waals surface area (Å²) in [6, 6.07) is 14.1. The van der Waals surface area contributed by atoms with Crippen molar-refractivity contribution >= 4 is 52.4 Å². The first-order chi connectivity index (χ1) is 17.4. The van der Waals surface area contributed by atoms with E-state index in [9.17, 15) is 9.18 Å². The largest absolute Gasteiger partial charge is 0.351 e. The summed E-state index contributed by atoms with van der Waals surface area (Å²) in [6.45, 7) is 2.62. The lowest BCUT2D eigenvalue weighted by Crippen LogP contribution is -2.33. The molecule has 1 N–H and O–H groups in total. The highest BCUT2D eigenvalue weighted by Crippen LogP contribution is 2.46. The number of aromatic nitrogens is 1. The summed E-state index contributed by atoms with van der Waals surface area (Å²) in [4.78, 5) is 19.7. The van der Waals surface area contributed by atoms with Crippen molar-refractivity contribution in [3.8, 4) is 0 Å². The molecule has 0 bridgehead atoms. The van der Waals surface area contributed by atoms with E-state index in [2.05, 4.69) is 15.2 Å². The van der Waals surface area contributed by atoms with Gasteiger partial charge in [-0.3, -0.25) is 9.69 Å². The van der Waals surface area contributed by atoms with Gasteiger partial charge in [-0.2, -0.15) is 0 Å². The van der Waals surface area contributed by atoms with E-state index in [4.69, 9.17) is 34.8 Å². The Morgan fingerprint density at radius 1 is 1.14 bits per heavy atom. The normalized spacial score (nSPS) is 17.4. The van der Waals surface area contributed by atoms with Gasteiger partial charge >= 0.3 is 0 Å². The van der Waals surface area contributed by atoms with E-state index < -0.39 is 5.82 Å². The molecule has 1 unspecified atom stereocenters. The maximum atomic E-state index is 13.7. The number of fused-ring (bicyclic) bond motifs is 2. The molecular weight excluding hydrogens is 520 g/mol. The summed E-state index contributed by atoms with van der Waals surface area (Å²) in [5.74, 6) is -0.795. The molecule has 1 aliphatic carbocycles. The van der Waals surface area contributed by atoms with Crippen LogP contribution in [0.5, 0.6) is 0 Å². The van der Waals surface area contributed by atoms with Crippen LogP contribution in [0.3, 0.4) is 0 Å². The van der Waals surface area contributed by atoms with E-state index in [1.165, 1.54) is 6.07 Å². The van der Waals surface area contributed by atoms with Crippen LogP contribution in [0.15, 0.2) is 66.4 Å². The molecule has 0 saturated heterocycles. The van der Waals surface area contributed by atoms with Crippen LogP contribution in [0.1, 0.15) is 34.6 Å². The first-order valence-corrected chi connectivity index (χ1v) is 12.8. The van der Waals surface area contributed by atoms with Gasteiger partial charge in [0.15, 0.2) is 0 Å². The van der Waals surface area contributed by atoms with Crippen molar-refractivity contribution in [1.29, 1.82) is 0 Å². The number of pyridine rings is 1. The zero-order chi connectivity index (χ0) is 25.2. The quantitative estimate of drug-likeness (QED) is 0.350. The average Bonchev–Trinajstić information content (AvgIpc) is 3.18. The van der Waals surface area contributed by atoms with Crippen molar-refractivity contribution in [2.24, 2.45) is 0 Å². The SMILES string of the molecule is O=C(NCc1ccnc(Cl)c1)C1C2=C(CN(C/C=C/c3ccc(Cl)c(F)c3)CC2)c2cc(Cl)ccc21. The highest BCUT2D eigenvalue weighted by molar-refractivity contribution is 6.31. The van der Waals surface area contributed by atoms with Gasteiger partial charge in [0.25, 0.3) is 0 Å². The second-order valence-electron chi connectivity index (χ2n) is 8.93. The Morgan fingerprint density at radius 3 is 2.81 bits per heavy atom. The van der Waals surface area contributed by atoms with Gasteiger partial charge in [0.1, 0.15) is 11.0 Å². The fraction of sp³-hybridized carbons (Fsp3) is 0.214. The molecular formula is C28H23Cl3FN3O. The van der Waals surface area contributed by atoms with E-state index >= 15 is 0 Å². The minimum absolute atomic E-state index is 0.0328. The average molecular weight is 543 g/mol. The molecule has 2 heterocycles. The summed E-state index contributed by atoms with van der Waals surface area (Å²) in [5.41, 5.74) is 6.00. The highest BCUT2D eigenvalue weighted by atomic mass is 35.5. The minimum atomic E-state index is -0.428. The fourth-order valence-electron chi connectivity index (χ4n) is 4.89. The number of rotatable bonds is 6. The second kappa shape index (κ2) is 10.7. The van der Waals surface area contributed by atoms with Crippen LogP contribution < -0.4 is 5.32 Å². The maximum absolute atomic E-state index is 13.7. The Labute approximate surface area is 224 Å². The van der Waals surface area contributed by atoms with Crippen molar-refractivity contribution in [3.63, 3.8) is 0 Å². The molecule has 3 aromatic rings. The number of carbonyl (C=O) groups is 1. The van der Waals surface area contributed by atoms with E-state index in [1.54, 1.807) is 24.4 Å². The molecule has 0 fully saturated rings. The van der Waals surface area contributed by atoms with Gasteiger partial charge in [0.2, 0.25) is 5.91 Å². The molecule has 2 aromatic carbocycles. The first kappa shape index (κ1) is 25.0. The monoisotopic (exact) mass is 541 g/mol. The summed E-state index contributed by atoms with van der Waals surface area (Å²) in [7, 11) is 0. The van der Waals surface area contributed by atoms with Crippen LogP contribution in [-0.2, 0) is 11.3 Å². The van der Waals surface area contributed by atoms with Crippen LogP contribution in [-0.4, -0.2) is 35.4 Å². The third kappa shape index (κ3) is 5.35. The van der Waals surface area contributed by atoms with Crippen molar-refractivity contribution in [2.45, 2.75) is 18.9 Å². The molecule has 1 amide bonds. The topological polar surface area (TPSA) is 45.2 Å². The minimum Gasteiger partial charge on any atom is -0.351 e.